The van der Waals surface area contributed by atoms with Gasteiger partial charge in [-0.1, -0.05) is 0 Å². The first-order chi connectivity index (χ1) is 6.74. The minimum atomic E-state index is 0.643. The predicted octanol–water partition coefficient (Wildman–Crippen LogP) is 0.828. The van der Waals surface area contributed by atoms with Crippen molar-refractivity contribution in [2.45, 2.75) is 32.4 Å². The summed E-state index contributed by atoms with van der Waals surface area (Å²) in [6, 6.07) is 3.59. The highest BCUT2D eigenvalue weighted by Crippen LogP contribution is 2.45. The lowest BCUT2D eigenvalue weighted by atomic mass is 10.3. The van der Waals surface area contributed by atoms with E-state index in [0.29, 0.717) is 12.5 Å². The molecule has 2 unspecified atom stereocenters. The van der Waals surface area contributed by atoms with E-state index >= 15 is 0 Å². The molecule has 1 aliphatic heterocycles. The van der Waals surface area contributed by atoms with Crippen LogP contribution in [0.1, 0.15) is 20.3 Å². The minimum absolute atomic E-state index is 0.643. The zero-order valence-corrected chi connectivity index (χ0v) is 9.03. The molecule has 1 N–H and O–H groups in total. The Morgan fingerprint density at radius 1 is 1.43 bits per heavy atom. The van der Waals surface area contributed by atoms with Crippen LogP contribution in [0.15, 0.2) is 0 Å². The van der Waals surface area contributed by atoms with Gasteiger partial charge in [0.25, 0.3) is 0 Å². The topological polar surface area (TPSA) is 39.1 Å². The second-order valence-electron chi connectivity index (χ2n) is 4.76. The summed E-state index contributed by atoms with van der Waals surface area (Å²) in [7, 11) is 0. The molecular weight excluding hydrogens is 174 g/mol. The Labute approximate surface area is 86.1 Å². The normalized spacial score (nSPS) is 35.7. The summed E-state index contributed by atoms with van der Waals surface area (Å²) in [5, 5.41) is 11.9. The third kappa shape index (κ3) is 1.77. The molecule has 1 aliphatic carbocycles. The average Bonchev–Trinajstić information content (AvgIpc) is 2.62. The van der Waals surface area contributed by atoms with Gasteiger partial charge in [0.05, 0.1) is 6.07 Å². The van der Waals surface area contributed by atoms with Crippen LogP contribution in [0.5, 0.6) is 0 Å². The van der Waals surface area contributed by atoms with Crippen LogP contribution >= 0.6 is 0 Å². The van der Waals surface area contributed by atoms with Gasteiger partial charge in [-0.3, -0.25) is 0 Å². The molecule has 2 fully saturated rings. The molecule has 3 heteroatoms. The van der Waals surface area contributed by atoms with Crippen molar-refractivity contribution >= 4 is 0 Å². The lowest BCUT2D eigenvalue weighted by molar-refractivity contribution is 0.238. The molecule has 0 aromatic heterocycles. The molecule has 0 aromatic carbocycles. The van der Waals surface area contributed by atoms with Gasteiger partial charge < -0.3 is 10.2 Å². The van der Waals surface area contributed by atoms with Crippen molar-refractivity contribution in [1.82, 2.24) is 10.2 Å². The van der Waals surface area contributed by atoms with Crippen molar-refractivity contribution in [2.24, 2.45) is 11.8 Å². The molecule has 2 atom stereocenters. The van der Waals surface area contributed by atoms with Crippen molar-refractivity contribution in [3.63, 3.8) is 0 Å². The Balaban J connectivity index is 1.68. The van der Waals surface area contributed by atoms with Crippen molar-refractivity contribution in [3.8, 4) is 6.07 Å². The van der Waals surface area contributed by atoms with E-state index in [4.69, 9.17) is 5.26 Å². The van der Waals surface area contributed by atoms with Gasteiger partial charge in [0, 0.05) is 38.1 Å². The Hall–Kier alpha value is -0.590. The first-order valence-electron chi connectivity index (χ1n) is 5.58. The highest BCUT2D eigenvalue weighted by atomic mass is 15.2. The minimum Gasteiger partial charge on any atom is -0.312 e. The summed E-state index contributed by atoms with van der Waals surface area (Å²) in [5.41, 5.74) is 0. The number of piperidine rings is 1. The van der Waals surface area contributed by atoms with Crippen LogP contribution < -0.4 is 5.32 Å². The Kier molecular flexibility index (Phi) is 2.76. The number of nitrogens with zero attached hydrogens (tertiary/aromatic N) is 2. The molecule has 1 heterocycles. The van der Waals surface area contributed by atoms with Gasteiger partial charge in [-0.05, 0) is 25.7 Å². The van der Waals surface area contributed by atoms with Gasteiger partial charge in [-0.15, -0.1) is 0 Å². The quantitative estimate of drug-likeness (QED) is 0.672. The van der Waals surface area contributed by atoms with Crippen LogP contribution in [-0.2, 0) is 0 Å². The van der Waals surface area contributed by atoms with E-state index in [1.807, 2.05) is 0 Å². The van der Waals surface area contributed by atoms with Crippen LogP contribution in [0.3, 0.4) is 0 Å². The van der Waals surface area contributed by atoms with Gasteiger partial charge in [-0.25, -0.2) is 0 Å². The first kappa shape index (κ1) is 9.95. The zero-order valence-electron chi connectivity index (χ0n) is 9.03. The summed E-state index contributed by atoms with van der Waals surface area (Å²) in [6.45, 7) is 7.92. The van der Waals surface area contributed by atoms with E-state index in [0.717, 1.165) is 24.4 Å². The van der Waals surface area contributed by atoms with E-state index in [1.54, 1.807) is 0 Å². The molecule has 14 heavy (non-hydrogen) atoms. The van der Waals surface area contributed by atoms with E-state index in [1.165, 1.54) is 13.1 Å². The molecular formula is C11H19N3. The Morgan fingerprint density at radius 3 is 2.57 bits per heavy atom. The monoisotopic (exact) mass is 193 g/mol. The molecule has 0 amide bonds. The lowest BCUT2D eigenvalue weighted by Crippen LogP contribution is -2.35. The maximum absolute atomic E-state index is 8.42. The highest BCUT2D eigenvalue weighted by molar-refractivity contribution is 5.10. The average molecular weight is 193 g/mol. The van der Waals surface area contributed by atoms with Crippen LogP contribution in [0, 0.1) is 23.2 Å². The highest BCUT2D eigenvalue weighted by Gasteiger charge is 2.55. The summed E-state index contributed by atoms with van der Waals surface area (Å²) < 4.78 is 0. The first-order valence-corrected chi connectivity index (χ1v) is 5.58. The standard InChI is InChI=1S/C11H19N3/c1-8(2)14-6-9-10(7-14)11(9)13-5-3-4-12/h8-11,13H,3,5-7H2,1-2H3. The molecule has 0 aromatic rings. The second kappa shape index (κ2) is 3.88. The van der Waals surface area contributed by atoms with Crippen LogP contribution in [0.25, 0.3) is 0 Å². The van der Waals surface area contributed by atoms with Crippen molar-refractivity contribution in [1.29, 1.82) is 5.26 Å². The Bertz CT molecular complexity index is 231. The third-order valence-corrected chi connectivity index (χ3v) is 3.57. The van der Waals surface area contributed by atoms with Crippen LogP contribution in [-0.4, -0.2) is 36.6 Å². The van der Waals surface area contributed by atoms with Gasteiger partial charge in [0.2, 0.25) is 0 Å². The van der Waals surface area contributed by atoms with Gasteiger partial charge >= 0.3 is 0 Å². The Morgan fingerprint density at radius 2 is 2.07 bits per heavy atom. The molecule has 2 rings (SSSR count). The fraction of sp³-hybridized carbons (Fsp3) is 0.909. The van der Waals surface area contributed by atoms with E-state index < -0.39 is 0 Å². The number of fused-ring (bicyclic) bond motifs is 1. The second-order valence-corrected chi connectivity index (χ2v) is 4.76. The third-order valence-electron chi connectivity index (χ3n) is 3.57. The molecule has 0 radical (unpaired) electrons. The van der Waals surface area contributed by atoms with E-state index in [-0.39, 0.29) is 0 Å². The predicted molar refractivity (Wildman–Crippen MR) is 55.7 cm³/mol. The number of rotatable bonds is 4. The summed E-state index contributed by atoms with van der Waals surface area (Å²) in [4.78, 5) is 2.55. The number of likely N-dealkylation sites (tertiary alicyclic amines) is 1. The van der Waals surface area contributed by atoms with Crippen molar-refractivity contribution in [2.75, 3.05) is 19.6 Å². The molecule has 78 valence electrons. The van der Waals surface area contributed by atoms with Gasteiger partial charge in [0.15, 0.2) is 0 Å². The molecule has 1 saturated heterocycles. The number of hydrogen-bond donors (Lipinski definition) is 1. The fourth-order valence-corrected chi connectivity index (χ4v) is 2.58. The number of hydrogen-bond acceptors (Lipinski definition) is 3. The maximum atomic E-state index is 8.42. The molecule has 2 aliphatic rings. The smallest absolute Gasteiger partial charge is 0.0635 e. The van der Waals surface area contributed by atoms with Gasteiger partial charge in [-0.2, -0.15) is 5.26 Å². The summed E-state index contributed by atoms with van der Waals surface area (Å²) in [6.07, 6.45) is 0.643. The fourth-order valence-electron chi connectivity index (χ4n) is 2.58. The lowest BCUT2D eigenvalue weighted by Gasteiger charge is -2.23. The van der Waals surface area contributed by atoms with Crippen molar-refractivity contribution < 1.29 is 0 Å². The largest absolute Gasteiger partial charge is 0.312 e. The zero-order chi connectivity index (χ0) is 10.1. The molecule has 0 bridgehead atoms. The van der Waals surface area contributed by atoms with Crippen LogP contribution in [0.4, 0.5) is 0 Å². The van der Waals surface area contributed by atoms with Crippen molar-refractivity contribution in [3.05, 3.63) is 0 Å². The van der Waals surface area contributed by atoms with E-state index in [2.05, 4.69) is 30.1 Å². The molecule has 3 nitrogen and oxygen atoms in total. The van der Waals surface area contributed by atoms with Crippen LogP contribution in [0.2, 0.25) is 0 Å². The number of nitrogens with one attached hydrogen (secondary N) is 1. The van der Waals surface area contributed by atoms with Gasteiger partial charge in [0.1, 0.15) is 0 Å². The summed E-state index contributed by atoms with van der Waals surface area (Å²) in [5.74, 6) is 1.74. The molecule has 1 saturated carbocycles. The maximum Gasteiger partial charge on any atom is 0.0635 e. The van der Waals surface area contributed by atoms with E-state index in [9.17, 15) is 0 Å². The summed E-state index contributed by atoms with van der Waals surface area (Å²) >= 11 is 0. The SMILES string of the molecule is CC(C)N1CC2C(C1)C2NCCC#N. The number of nitriles is 1. The molecule has 0 spiro atoms.